The quantitative estimate of drug-likeness (QED) is 0.886. The first-order valence-electron chi connectivity index (χ1n) is 6.82. The summed E-state index contributed by atoms with van der Waals surface area (Å²) in [5.74, 6) is 2.27. The van der Waals surface area contributed by atoms with Crippen LogP contribution < -0.4 is 10.1 Å². The lowest BCUT2D eigenvalue weighted by molar-refractivity contribution is 0.340. The summed E-state index contributed by atoms with van der Waals surface area (Å²) in [6.07, 6.45) is 2.60. The van der Waals surface area contributed by atoms with Crippen LogP contribution in [0.3, 0.4) is 0 Å². The lowest BCUT2D eigenvalue weighted by Crippen LogP contribution is -2.32. The number of benzene rings is 1. The van der Waals surface area contributed by atoms with Gasteiger partial charge in [0.2, 0.25) is 0 Å². The summed E-state index contributed by atoms with van der Waals surface area (Å²) in [7, 11) is 0. The Morgan fingerprint density at radius 3 is 2.94 bits per heavy atom. The first-order valence-corrected chi connectivity index (χ1v) is 7.87. The molecule has 1 fully saturated rings. The number of aryl methyl sites for hydroxylation is 1. The van der Waals surface area contributed by atoms with Crippen molar-refractivity contribution in [1.82, 2.24) is 0 Å². The molecule has 2 atom stereocenters. The predicted octanol–water partition coefficient (Wildman–Crippen LogP) is 4.09. The Balaban J connectivity index is 2.04. The van der Waals surface area contributed by atoms with E-state index in [4.69, 9.17) is 4.74 Å². The lowest BCUT2D eigenvalue weighted by Gasteiger charge is -2.30. The molecule has 3 heteroatoms. The van der Waals surface area contributed by atoms with Crippen LogP contribution in [0.15, 0.2) is 18.2 Å². The minimum absolute atomic E-state index is 0.598. The van der Waals surface area contributed by atoms with Gasteiger partial charge in [-0.15, -0.1) is 0 Å². The minimum atomic E-state index is 0.598. The molecule has 1 N–H and O–H groups in total. The Hall–Kier alpha value is -0.830. The maximum Gasteiger partial charge on any atom is 0.119 e. The van der Waals surface area contributed by atoms with Crippen LogP contribution in [0.5, 0.6) is 5.75 Å². The van der Waals surface area contributed by atoms with Crippen molar-refractivity contribution in [2.45, 2.75) is 44.9 Å². The Labute approximate surface area is 114 Å². The van der Waals surface area contributed by atoms with Crippen molar-refractivity contribution in [3.63, 3.8) is 0 Å². The predicted molar refractivity (Wildman–Crippen MR) is 80.9 cm³/mol. The van der Waals surface area contributed by atoms with Gasteiger partial charge in [0.1, 0.15) is 5.75 Å². The van der Waals surface area contributed by atoms with Gasteiger partial charge < -0.3 is 10.1 Å². The number of rotatable bonds is 4. The van der Waals surface area contributed by atoms with Crippen LogP contribution in [0.25, 0.3) is 0 Å². The zero-order valence-electron chi connectivity index (χ0n) is 11.5. The Morgan fingerprint density at radius 2 is 2.28 bits per heavy atom. The molecule has 1 aliphatic heterocycles. The Morgan fingerprint density at radius 1 is 1.44 bits per heavy atom. The maximum absolute atomic E-state index is 5.52. The standard InChI is InChI=1S/C15H23NOS/c1-4-17-13-7-8-14(11(2)10-13)16-15-6-5-9-18-12(15)3/h7-8,10,12,15-16H,4-6,9H2,1-3H3. The summed E-state index contributed by atoms with van der Waals surface area (Å²) in [6, 6.07) is 6.92. The number of thioether (sulfide) groups is 1. The van der Waals surface area contributed by atoms with Gasteiger partial charge in [-0.3, -0.25) is 0 Å². The molecule has 0 spiro atoms. The first kappa shape index (κ1) is 13.6. The summed E-state index contributed by atoms with van der Waals surface area (Å²) in [5, 5.41) is 4.39. The van der Waals surface area contributed by atoms with Gasteiger partial charge >= 0.3 is 0 Å². The van der Waals surface area contributed by atoms with Gasteiger partial charge in [0.05, 0.1) is 6.61 Å². The highest BCUT2D eigenvalue weighted by Gasteiger charge is 2.21. The van der Waals surface area contributed by atoms with Crippen molar-refractivity contribution in [2.24, 2.45) is 0 Å². The molecule has 1 heterocycles. The lowest BCUT2D eigenvalue weighted by atomic mass is 10.1. The van der Waals surface area contributed by atoms with E-state index in [-0.39, 0.29) is 0 Å². The molecule has 2 nitrogen and oxygen atoms in total. The normalized spacial score (nSPS) is 23.7. The molecule has 0 aliphatic carbocycles. The van der Waals surface area contributed by atoms with Gasteiger partial charge in [0.25, 0.3) is 0 Å². The summed E-state index contributed by atoms with van der Waals surface area (Å²) in [5.41, 5.74) is 2.52. The molecule has 1 aromatic carbocycles. The van der Waals surface area contributed by atoms with Crippen molar-refractivity contribution in [3.05, 3.63) is 23.8 Å². The summed E-state index contributed by atoms with van der Waals surface area (Å²) >= 11 is 2.08. The second-order valence-electron chi connectivity index (χ2n) is 4.88. The number of hydrogen-bond acceptors (Lipinski definition) is 3. The molecule has 0 radical (unpaired) electrons. The highest BCUT2D eigenvalue weighted by atomic mass is 32.2. The average molecular weight is 265 g/mol. The average Bonchev–Trinajstić information content (AvgIpc) is 2.35. The van der Waals surface area contributed by atoms with Crippen molar-refractivity contribution >= 4 is 17.4 Å². The van der Waals surface area contributed by atoms with E-state index in [0.717, 1.165) is 12.4 Å². The molecule has 0 bridgehead atoms. The highest BCUT2D eigenvalue weighted by molar-refractivity contribution is 8.00. The smallest absolute Gasteiger partial charge is 0.119 e. The topological polar surface area (TPSA) is 21.3 Å². The van der Waals surface area contributed by atoms with Crippen LogP contribution in [-0.2, 0) is 0 Å². The fraction of sp³-hybridized carbons (Fsp3) is 0.600. The molecule has 2 rings (SSSR count). The van der Waals surface area contributed by atoms with Crippen LogP contribution in [0.1, 0.15) is 32.3 Å². The molecular formula is C15H23NOS. The third-order valence-electron chi connectivity index (χ3n) is 3.46. The van der Waals surface area contributed by atoms with E-state index >= 15 is 0 Å². The van der Waals surface area contributed by atoms with E-state index < -0.39 is 0 Å². The van der Waals surface area contributed by atoms with Gasteiger partial charge in [-0.25, -0.2) is 0 Å². The van der Waals surface area contributed by atoms with Crippen LogP contribution in [-0.4, -0.2) is 23.7 Å². The van der Waals surface area contributed by atoms with Gasteiger partial charge in [-0.1, -0.05) is 6.92 Å². The largest absolute Gasteiger partial charge is 0.494 e. The van der Waals surface area contributed by atoms with Gasteiger partial charge in [-0.2, -0.15) is 11.8 Å². The van der Waals surface area contributed by atoms with E-state index in [1.165, 1.54) is 29.8 Å². The molecular weight excluding hydrogens is 242 g/mol. The molecule has 1 aliphatic rings. The van der Waals surface area contributed by atoms with E-state index in [2.05, 4.69) is 49.1 Å². The number of ether oxygens (including phenoxy) is 1. The molecule has 0 saturated carbocycles. The van der Waals surface area contributed by atoms with Crippen LogP contribution in [0.4, 0.5) is 5.69 Å². The number of anilines is 1. The van der Waals surface area contributed by atoms with Gasteiger partial charge in [0.15, 0.2) is 0 Å². The van der Waals surface area contributed by atoms with E-state index in [1.807, 2.05) is 6.92 Å². The van der Waals surface area contributed by atoms with Crippen molar-refractivity contribution in [2.75, 3.05) is 17.7 Å². The molecule has 1 aromatic rings. The minimum Gasteiger partial charge on any atom is -0.494 e. The van der Waals surface area contributed by atoms with Crippen LogP contribution in [0, 0.1) is 6.92 Å². The molecule has 100 valence electrons. The second-order valence-corrected chi connectivity index (χ2v) is 6.36. The zero-order valence-corrected chi connectivity index (χ0v) is 12.3. The molecule has 2 unspecified atom stereocenters. The second kappa shape index (κ2) is 6.37. The molecule has 0 amide bonds. The molecule has 0 aromatic heterocycles. The SMILES string of the molecule is CCOc1ccc(NC2CCCSC2C)c(C)c1. The third kappa shape index (κ3) is 3.35. The van der Waals surface area contributed by atoms with Gasteiger partial charge in [0, 0.05) is 17.0 Å². The summed E-state index contributed by atoms with van der Waals surface area (Å²) in [6.45, 7) is 7.21. The fourth-order valence-electron chi connectivity index (χ4n) is 2.37. The van der Waals surface area contributed by atoms with E-state index in [0.29, 0.717) is 11.3 Å². The monoisotopic (exact) mass is 265 g/mol. The van der Waals surface area contributed by atoms with E-state index in [1.54, 1.807) is 0 Å². The highest BCUT2D eigenvalue weighted by Crippen LogP contribution is 2.29. The zero-order chi connectivity index (χ0) is 13.0. The van der Waals surface area contributed by atoms with Crippen molar-refractivity contribution in [1.29, 1.82) is 0 Å². The molecule has 18 heavy (non-hydrogen) atoms. The van der Waals surface area contributed by atoms with Crippen molar-refractivity contribution < 1.29 is 4.74 Å². The first-order chi connectivity index (χ1) is 8.70. The van der Waals surface area contributed by atoms with Crippen LogP contribution >= 0.6 is 11.8 Å². The van der Waals surface area contributed by atoms with E-state index in [9.17, 15) is 0 Å². The van der Waals surface area contributed by atoms with Crippen molar-refractivity contribution in [3.8, 4) is 5.75 Å². The molecule has 1 saturated heterocycles. The summed E-state index contributed by atoms with van der Waals surface area (Å²) in [4.78, 5) is 0. The number of hydrogen-bond donors (Lipinski definition) is 1. The number of nitrogens with one attached hydrogen (secondary N) is 1. The third-order valence-corrected chi connectivity index (χ3v) is 4.84. The summed E-state index contributed by atoms with van der Waals surface area (Å²) < 4.78 is 5.52. The van der Waals surface area contributed by atoms with Gasteiger partial charge in [-0.05, 0) is 56.2 Å². The Kier molecular flexibility index (Phi) is 4.81. The van der Waals surface area contributed by atoms with Crippen LogP contribution in [0.2, 0.25) is 0 Å². The maximum atomic E-state index is 5.52. The fourth-order valence-corrected chi connectivity index (χ4v) is 3.51. The Bertz CT molecular complexity index is 394.